The van der Waals surface area contributed by atoms with Crippen LogP contribution in [0.5, 0.6) is 0 Å². The first-order chi connectivity index (χ1) is 5.97. The summed E-state index contributed by atoms with van der Waals surface area (Å²) in [4.78, 5) is 31.2. The fraction of sp³-hybridized carbons (Fsp3) is 0.286. The second-order valence-electron chi connectivity index (χ2n) is 2.01. The molecule has 0 unspecified atom stereocenters. The molecule has 0 fully saturated rings. The van der Waals surface area contributed by atoms with E-state index in [2.05, 4.69) is 9.47 Å². The molecule has 0 aliphatic heterocycles. The molecule has 0 saturated carbocycles. The largest absolute Gasteiger partial charge is 0.513 e. The van der Waals surface area contributed by atoms with E-state index in [1.807, 2.05) is 0 Å². The summed E-state index contributed by atoms with van der Waals surface area (Å²) in [5.74, 6) is -1.85. The Labute approximate surface area is 73.7 Å². The van der Waals surface area contributed by atoms with E-state index < -0.39 is 18.1 Å². The van der Waals surface area contributed by atoms with E-state index in [0.717, 1.165) is 13.2 Å². The SMILES string of the molecule is COC(=O)/C=C(/C)C(=O)OC(=O)O. The molecule has 0 saturated heterocycles. The van der Waals surface area contributed by atoms with Gasteiger partial charge in [0.1, 0.15) is 0 Å². The molecule has 0 radical (unpaired) electrons. The van der Waals surface area contributed by atoms with Crippen LogP contribution in [-0.4, -0.2) is 30.3 Å². The number of hydrogen-bond acceptors (Lipinski definition) is 5. The second-order valence-corrected chi connectivity index (χ2v) is 2.01. The van der Waals surface area contributed by atoms with Crippen molar-refractivity contribution in [2.24, 2.45) is 0 Å². The van der Waals surface area contributed by atoms with Crippen LogP contribution in [-0.2, 0) is 19.1 Å². The third-order valence-electron chi connectivity index (χ3n) is 1.04. The van der Waals surface area contributed by atoms with Gasteiger partial charge in [-0.2, -0.15) is 0 Å². The van der Waals surface area contributed by atoms with E-state index in [1.165, 1.54) is 6.92 Å². The van der Waals surface area contributed by atoms with Gasteiger partial charge in [-0.05, 0) is 6.92 Å². The average molecular weight is 188 g/mol. The van der Waals surface area contributed by atoms with Crippen molar-refractivity contribution < 1.29 is 29.0 Å². The summed E-state index contributed by atoms with van der Waals surface area (Å²) in [6, 6.07) is 0. The van der Waals surface area contributed by atoms with Crippen LogP contribution in [0.1, 0.15) is 6.92 Å². The summed E-state index contributed by atoms with van der Waals surface area (Å²) >= 11 is 0. The van der Waals surface area contributed by atoms with E-state index in [1.54, 1.807) is 0 Å². The monoisotopic (exact) mass is 188 g/mol. The van der Waals surface area contributed by atoms with Crippen LogP contribution >= 0.6 is 0 Å². The Morgan fingerprint density at radius 1 is 1.31 bits per heavy atom. The molecule has 0 aliphatic carbocycles. The van der Waals surface area contributed by atoms with Crippen molar-refractivity contribution in [2.45, 2.75) is 6.92 Å². The van der Waals surface area contributed by atoms with Crippen molar-refractivity contribution in [3.63, 3.8) is 0 Å². The van der Waals surface area contributed by atoms with E-state index in [9.17, 15) is 14.4 Å². The van der Waals surface area contributed by atoms with Crippen molar-refractivity contribution in [3.8, 4) is 0 Å². The van der Waals surface area contributed by atoms with Crippen molar-refractivity contribution >= 4 is 18.1 Å². The van der Waals surface area contributed by atoms with E-state index >= 15 is 0 Å². The molecule has 6 nitrogen and oxygen atoms in total. The fourth-order valence-electron chi connectivity index (χ4n) is 0.454. The maximum atomic E-state index is 10.7. The highest BCUT2D eigenvalue weighted by atomic mass is 16.7. The van der Waals surface area contributed by atoms with Crippen LogP contribution in [0.4, 0.5) is 4.79 Å². The first kappa shape index (κ1) is 11.2. The quantitative estimate of drug-likeness (QED) is 0.381. The van der Waals surface area contributed by atoms with Crippen molar-refractivity contribution in [3.05, 3.63) is 11.6 Å². The lowest BCUT2D eigenvalue weighted by atomic mass is 10.3. The topological polar surface area (TPSA) is 89.9 Å². The van der Waals surface area contributed by atoms with Gasteiger partial charge in [-0.25, -0.2) is 14.4 Å². The molecule has 6 heteroatoms. The zero-order valence-electron chi connectivity index (χ0n) is 7.07. The molecule has 0 spiro atoms. The van der Waals surface area contributed by atoms with Crippen LogP contribution in [0.3, 0.4) is 0 Å². The molecule has 13 heavy (non-hydrogen) atoms. The van der Waals surface area contributed by atoms with Gasteiger partial charge >= 0.3 is 18.1 Å². The van der Waals surface area contributed by atoms with Gasteiger partial charge in [0.25, 0.3) is 0 Å². The normalized spacial score (nSPS) is 10.5. The fourth-order valence-corrected chi connectivity index (χ4v) is 0.454. The molecular formula is C7H8O6. The standard InChI is InChI=1S/C7H8O6/c1-4(3-5(8)12-2)6(9)13-7(10)11/h3H,1-2H3,(H,10,11)/b4-3-. The first-order valence-electron chi connectivity index (χ1n) is 3.18. The number of ether oxygens (including phenoxy) is 2. The molecule has 0 atom stereocenters. The average Bonchev–Trinajstić information content (AvgIpc) is 2.02. The van der Waals surface area contributed by atoms with Crippen LogP contribution < -0.4 is 0 Å². The molecule has 0 rings (SSSR count). The van der Waals surface area contributed by atoms with Crippen LogP contribution in [0.25, 0.3) is 0 Å². The van der Waals surface area contributed by atoms with Crippen LogP contribution in [0.2, 0.25) is 0 Å². The zero-order chi connectivity index (χ0) is 10.4. The van der Waals surface area contributed by atoms with Gasteiger partial charge < -0.3 is 14.6 Å². The predicted molar refractivity (Wildman–Crippen MR) is 39.9 cm³/mol. The molecule has 1 N–H and O–H groups in total. The molecule has 0 aromatic rings. The van der Waals surface area contributed by atoms with E-state index in [-0.39, 0.29) is 5.57 Å². The molecule has 0 aliphatic rings. The summed E-state index contributed by atoms with van der Waals surface area (Å²) < 4.78 is 7.96. The minimum atomic E-state index is -1.72. The number of methoxy groups -OCH3 is 1. The van der Waals surface area contributed by atoms with E-state index in [4.69, 9.17) is 5.11 Å². The van der Waals surface area contributed by atoms with Crippen LogP contribution in [0.15, 0.2) is 11.6 Å². The van der Waals surface area contributed by atoms with Crippen molar-refractivity contribution in [2.75, 3.05) is 7.11 Å². The second kappa shape index (κ2) is 4.91. The molecule has 72 valence electrons. The summed E-state index contributed by atoms with van der Waals surface area (Å²) in [5.41, 5.74) is -0.144. The lowest BCUT2D eigenvalue weighted by Crippen LogP contribution is -2.12. The minimum Gasteiger partial charge on any atom is -0.466 e. The highest BCUT2D eigenvalue weighted by molar-refractivity contribution is 5.98. The summed E-state index contributed by atoms with van der Waals surface area (Å²) in [7, 11) is 1.13. The number of carboxylic acid groups (broad SMARTS) is 1. The number of esters is 2. The molecule has 0 heterocycles. The lowest BCUT2D eigenvalue weighted by molar-refractivity contribution is -0.137. The summed E-state index contributed by atoms with van der Waals surface area (Å²) in [6.45, 7) is 1.24. The number of rotatable bonds is 2. The minimum absolute atomic E-state index is 0.144. The highest BCUT2D eigenvalue weighted by Crippen LogP contribution is 1.97. The molecule has 0 aromatic carbocycles. The Morgan fingerprint density at radius 3 is 2.23 bits per heavy atom. The third-order valence-corrected chi connectivity index (χ3v) is 1.04. The van der Waals surface area contributed by atoms with Crippen LogP contribution in [0, 0.1) is 0 Å². The molecule has 0 amide bonds. The van der Waals surface area contributed by atoms with Gasteiger partial charge in [-0.1, -0.05) is 0 Å². The lowest BCUT2D eigenvalue weighted by Gasteiger charge is -1.97. The highest BCUT2D eigenvalue weighted by Gasteiger charge is 2.11. The van der Waals surface area contributed by atoms with Gasteiger partial charge in [-0.3, -0.25) is 0 Å². The Balaban J connectivity index is 4.33. The maximum absolute atomic E-state index is 10.7. The Bertz CT molecular complexity index is 264. The van der Waals surface area contributed by atoms with E-state index in [0.29, 0.717) is 0 Å². The molecule has 0 aromatic heterocycles. The van der Waals surface area contributed by atoms with Gasteiger partial charge in [0, 0.05) is 11.6 Å². The number of carbonyl (C=O) groups is 3. The van der Waals surface area contributed by atoms with Gasteiger partial charge in [-0.15, -0.1) is 0 Å². The Morgan fingerprint density at radius 2 is 1.85 bits per heavy atom. The van der Waals surface area contributed by atoms with Crippen molar-refractivity contribution in [1.29, 1.82) is 0 Å². The van der Waals surface area contributed by atoms with Gasteiger partial charge in [0.2, 0.25) is 0 Å². The molecular weight excluding hydrogens is 180 g/mol. The predicted octanol–water partition coefficient (Wildman–Crippen LogP) is 0.327. The summed E-state index contributed by atoms with van der Waals surface area (Å²) in [6.07, 6.45) is -0.881. The number of carbonyl (C=O) groups excluding carboxylic acids is 2. The number of hydrogen-bond donors (Lipinski definition) is 1. The molecule has 0 bridgehead atoms. The van der Waals surface area contributed by atoms with Gasteiger partial charge in [0.05, 0.1) is 7.11 Å². The third kappa shape index (κ3) is 4.57. The smallest absolute Gasteiger partial charge is 0.466 e. The van der Waals surface area contributed by atoms with Crippen molar-refractivity contribution in [1.82, 2.24) is 0 Å². The Hall–Kier alpha value is -1.85. The zero-order valence-corrected chi connectivity index (χ0v) is 7.07. The first-order valence-corrected chi connectivity index (χ1v) is 3.18. The van der Waals surface area contributed by atoms with Gasteiger partial charge in [0.15, 0.2) is 0 Å². The maximum Gasteiger partial charge on any atom is 0.513 e. The Kier molecular flexibility index (Phi) is 4.21. The summed E-state index contributed by atoms with van der Waals surface area (Å²) in [5, 5.41) is 8.04.